The van der Waals surface area contributed by atoms with Gasteiger partial charge in [0.25, 0.3) is 0 Å². The summed E-state index contributed by atoms with van der Waals surface area (Å²) in [6.07, 6.45) is 0. The Labute approximate surface area is 252 Å². The Morgan fingerprint density at radius 2 is 1.00 bits per heavy atom. The van der Waals surface area contributed by atoms with Crippen LogP contribution in [0, 0.1) is 0 Å². The number of carbonyl (C=O) groups excluding carboxylic acids is 2. The van der Waals surface area contributed by atoms with E-state index in [1.165, 1.54) is 21.5 Å². The predicted molar refractivity (Wildman–Crippen MR) is 180 cm³/mol. The summed E-state index contributed by atoms with van der Waals surface area (Å²) in [5.41, 5.74) is 18.0. The lowest BCUT2D eigenvalue weighted by Crippen LogP contribution is -2.10. The van der Waals surface area contributed by atoms with Crippen LogP contribution in [-0.2, 0) is 0 Å². The zero-order valence-electron chi connectivity index (χ0n) is 23.7. The highest BCUT2D eigenvalue weighted by molar-refractivity contribution is 6.08. The molecular formula is C38H28N4O2. The first-order valence-electron chi connectivity index (χ1n) is 14.3. The first-order chi connectivity index (χ1) is 21.5. The highest BCUT2D eigenvalue weighted by Gasteiger charge is 2.12. The first-order valence-corrected chi connectivity index (χ1v) is 14.3. The molecule has 2 heterocycles. The van der Waals surface area contributed by atoms with Crippen molar-refractivity contribution in [2.75, 3.05) is 0 Å². The Balaban J connectivity index is 0.000000142. The maximum atomic E-state index is 11.6. The lowest BCUT2D eigenvalue weighted by molar-refractivity contribution is 0.0993. The Kier molecular flexibility index (Phi) is 6.64. The SMILES string of the molecule is NC(=O)c1cccc2[nH]c(-c3ccc4ccccc4c3)cc12.NC(=O)c1cccc2[nH]c(-c3cccc4ccccc34)cc12. The monoisotopic (exact) mass is 572 g/mol. The molecule has 0 atom stereocenters. The lowest BCUT2D eigenvalue weighted by Gasteiger charge is -2.04. The molecule has 0 aliphatic heterocycles. The molecule has 0 aliphatic carbocycles. The average Bonchev–Trinajstić information content (AvgIpc) is 3.69. The predicted octanol–water partition coefficient (Wildman–Crippen LogP) is 8.17. The van der Waals surface area contributed by atoms with Crippen LogP contribution < -0.4 is 11.5 Å². The van der Waals surface area contributed by atoms with Crippen molar-refractivity contribution in [2.24, 2.45) is 11.5 Å². The fourth-order valence-electron chi connectivity index (χ4n) is 5.86. The third-order valence-electron chi connectivity index (χ3n) is 8.00. The van der Waals surface area contributed by atoms with E-state index in [0.29, 0.717) is 11.1 Å². The van der Waals surface area contributed by atoms with Crippen LogP contribution in [0.4, 0.5) is 0 Å². The fourth-order valence-corrected chi connectivity index (χ4v) is 5.86. The number of carbonyl (C=O) groups is 2. The average molecular weight is 573 g/mol. The second-order valence-electron chi connectivity index (χ2n) is 10.7. The Morgan fingerprint density at radius 1 is 0.455 bits per heavy atom. The maximum Gasteiger partial charge on any atom is 0.249 e. The van der Waals surface area contributed by atoms with Gasteiger partial charge < -0.3 is 21.4 Å². The first kappa shape index (κ1) is 26.7. The van der Waals surface area contributed by atoms with Gasteiger partial charge in [0.15, 0.2) is 0 Å². The van der Waals surface area contributed by atoms with E-state index >= 15 is 0 Å². The number of amides is 2. The van der Waals surface area contributed by atoms with Gasteiger partial charge in [-0.2, -0.15) is 0 Å². The largest absolute Gasteiger partial charge is 0.366 e. The quantitative estimate of drug-likeness (QED) is 0.170. The molecule has 6 aromatic carbocycles. The minimum atomic E-state index is -0.408. The molecule has 0 saturated heterocycles. The summed E-state index contributed by atoms with van der Waals surface area (Å²) in [6.45, 7) is 0. The molecule has 2 aromatic heterocycles. The van der Waals surface area contributed by atoms with Crippen molar-refractivity contribution in [1.29, 1.82) is 0 Å². The number of rotatable bonds is 4. The number of benzene rings is 6. The number of nitrogens with one attached hydrogen (secondary N) is 2. The molecule has 44 heavy (non-hydrogen) atoms. The molecule has 0 bridgehead atoms. The van der Waals surface area contributed by atoms with E-state index < -0.39 is 11.8 Å². The number of hydrogen-bond donors (Lipinski definition) is 4. The van der Waals surface area contributed by atoms with Crippen LogP contribution >= 0.6 is 0 Å². The fraction of sp³-hybridized carbons (Fsp3) is 0. The van der Waals surface area contributed by atoms with Crippen LogP contribution in [-0.4, -0.2) is 21.8 Å². The summed E-state index contributed by atoms with van der Waals surface area (Å²) < 4.78 is 0. The Hall–Kier alpha value is -6.14. The number of aromatic amines is 2. The number of hydrogen-bond acceptors (Lipinski definition) is 2. The summed E-state index contributed by atoms with van der Waals surface area (Å²) in [6, 6.07) is 44.1. The van der Waals surface area contributed by atoms with Gasteiger partial charge >= 0.3 is 0 Å². The van der Waals surface area contributed by atoms with E-state index in [2.05, 4.69) is 64.6 Å². The van der Waals surface area contributed by atoms with Crippen molar-refractivity contribution in [2.45, 2.75) is 0 Å². The molecular weight excluding hydrogens is 544 g/mol. The van der Waals surface area contributed by atoms with Crippen LogP contribution in [0.15, 0.2) is 133 Å². The minimum absolute atomic E-state index is 0.408. The number of H-pyrrole nitrogens is 2. The van der Waals surface area contributed by atoms with Crippen molar-refractivity contribution in [3.05, 3.63) is 145 Å². The molecule has 0 aliphatic rings. The van der Waals surface area contributed by atoms with Crippen molar-refractivity contribution >= 4 is 55.2 Å². The van der Waals surface area contributed by atoms with Crippen LogP contribution in [0.1, 0.15) is 20.7 Å². The topological polar surface area (TPSA) is 118 Å². The minimum Gasteiger partial charge on any atom is -0.366 e. The Bertz CT molecular complexity index is 2350. The van der Waals surface area contributed by atoms with E-state index in [9.17, 15) is 9.59 Å². The lowest BCUT2D eigenvalue weighted by atomic mass is 10.0. The molecule has 212 valence electrons. The highest BCUT2D eigenvalue weighted by Crippen LogP contribution is 2.32. The van der Waals surface area contributed by atoms with Gasteiger partial charge in [0, 0.05) is 49.9 Å². The molecule has 6 nitrogen and oxygen atoms in total. The van der Waals surface area contributed by atoms with Gasteiger partial charge in [0.05, 0.1) is 0 Å². The molecule has 0 saturated carbocycles. The van der Waals surface area contributed by atoms with Crippen molar-refractivity contribution in [1.82, 2.24) is 9.97 Å². The summed E-state index contributed by atoms with van der Waals surface area (Å²) in [5.74, 6) is -0.816. The molecule has 8 rings (SSSR count). The number of nitrogens with two attached hydrogens (primary N) is 2. The number of aromatic nitrogens is 2. The van der Waals surface area contributed by atoms with E-state index in [1.807, 2.05) is 66.7 Å². The summed E-state index contributed by atoms with van der Waals surface area (Å²) in [7, 11) is 0. The van der Waals surface area contributed by atoms with Crippen molar-refractivity contribution in [3.8, 4) is 22.5 Å². The van der Waals surface area contributed by atoms with Crippen molar-refractivity contribution in [3.63, 3.8) is 0 Å². The molecule has 0 spiro atoms. The van der Waals surface area contributed by atoms with Crippen LogP contribution in [0.3, 0.4) is 0 Å². The van der Waals surface area contributed by atoms with Gasteiger partial charge in [-0.3, -0.25) is 9.59 Å². The zero-order valence-corrected chi connectivity index (χ0v) is 23.7. The number of primary amides is 2. The summed E-state index contributed by atoms with van der Waals surface area (Å²) in [5, 5.41) is 6.48. The normalized spacial score (nSPS) is 11.1. The smallest absolute Gasteiger partial charge is 0.249 e. The third-order valence-corrected chi connectivity index (χ3v) is 8.00. The van der Waals surface area contributed by atoms with Gasteiger partial charge in [-0.15, -0.1) is 0 Å². The molecule has 0 fully saturated rings. The third kappa shape index (κ3) is 4.84. The molecule has 8 aromatic rings. The standard InChI is InChI=1S/2C19H14N2O/c20-19(22)15-9-4-10-17-16(15)11-18(21-17)14-8-3-6-12-5-1-2-7-13(12)14;20-19(22)15-6-3-7-17-16(15)11-18(21-17)14-9-8-12-4-1-2-5-13(12)10-14/h2*1-11,21H,(H2,20,22). The van der Waals surface area contributed by atoms with E-state index in [4.69, 9.17) is 11.5 Å². The van der Waals surface area contributed by atoms with Gasteiger partial charge in [-0.1, -0.05) is 91.0 Å². The van der Waals surface area contributed by atoms with Gasteiger partial charge in [-0.05, 0) is 69.6 Å². The molecule has 6 heteroatoms. The second-order valence-corrected chi connectivity index (χ2v) is 10.7. The highest BCUT2D eigenvalue weighted by atomic mass is 16.1. The molecule has 0 radical (unpaired) electrons. The maximum absolute atomic E-state index is 11.6. The number of fused-ring (bicyclic) bond motifs is 4. The van der Waals surface area contributed by atoms with E-state index in [1.54, 1.807) is 12.1 Å². The molecule has 2 amide bonds. The van der Waals surface area contributed by atoms with Crippen LogP contribution in [0.5, 0.6) is 0 Å². The molecule has 6 N–H and O–H groups in total. The van der Waals surface area contributed by atoms with Crippen LogP contribution in [0.2, 0.25) is 0 Å². The van der Waals surface area contributed by atoms with E-state index in [-0.39, 0.29) is 0 Å². The Morgan fingerprint density at radius 3 is 1.68 bits per heavy atom. The zero-order chi connectivity index (χ0) is 30.2. The van der Waals surface area contributed by atoms with Crippen LogP contribution in [0.25, 0.3) is 65.9 Å². The second kappa shape index (κ2) is 10.9. The van der Waals surface area contributed by atoms with Gasteiger partial charge in [0.1, 0.15) is 0 Å². The van der Waals surface area contributed by atoms with Crippen molar-refractivity contribution < 1.29 is 9.59 Å². The van der Waals surface area contributed by atoms with Gasteiger partial charge in [0.2, 0.25) is 11.8 Å². The van der Waals surface area contributed by atoms with Gasteiger partial charge in [-0.25, -0.2) is 0 Å². The van der Waals surface area contributed by atoms with E-state index in [0.717, 1.165) is 44.3 Å². The molecule has 0 unspecified atom stereocenters. The summed E-state index contributed by atoms with van der Waals surface area (Å²) in [4.78, 5) is 29.9. The summed E-state index contributed by atoms with van der Waals surface area (Å²) >= 11 is 0.